The second-order valence-electron chi connectivity index (χ2n) is 5.23. The van der Waals surface area contributed by atoms with Crippen molar-refractivity contribution in [3.63, 3.8) is 0 Å². The number of aryl methyl sites for hydroxylation is 1. The molecular weight excluding hydrogens is 278 g/mol. The minimum absolute atomic E-state index is 0.0763. The Morgan fingerprint density at radius 2 is 2.14 bits per heavy atom. The van der Waals surface area contributed by atoms with Crippen molar-refractivity contribution in [2.45, 2.75) is 32.4 Å². The molecule has 0 atom stereocenters. The van der Waals surface area contributed by atoms with Crippen LogP contribution in [0.1, 0.15) is 34.7 Å². The Balaban J connectivity index is 1.83. The van der Waals surface area contributed by atoms with Gasteiger partial charge in [-0.15, -0.1) is 0 Å². The Morgan fingerprint density at radius 3 is 2.71 bits per heavy atom. The molecule has 110 valence electrons. The van der Waals surface area contributed by atoms with Gasteiger partial charge in [0.1, 0.15) is 11.6 Å². The maximum absolute atomic E-state index is 13.8. The van der Waals surface area contributed by atoms with Gasteiger partial charge in [-0.2, -0.15) is 0 Å². The summed E-state index contributed by atoms with van der Waals surface area (Å²) >= 11 is 0. The number of nitrogens with zero attached hydrogens (tertiary/aromatic N) is 2. The summed E-state index contributed by atoms with van der Waals surface area (Å²) in [6.07, 6.45) is 1.75. The monoisotopic (exact) mass is 292 g/mol. The van der Waals surface area contributed by atoms with Crippen molar-refractivity contribution >= 4 is 5.91 Å². The van der Waals surface area contributed by atoms with Crippen LogP contribution in [0.2, 0.25) is 0 Å². The van der Waals surface area contributed by atoms with Crippen molar-refractivity contribution in [2.75, 3.05) is 0 Å². The molecule has 2 aromatic rings. The number of carbonyl (C=O) groups is 1. The molecule has 0 bridgehead atoms. The lowest BCUT2D eigenvalue weighted by Gasteiger charge is -2.21. The first-order valence-corrected chi connectivity index (χ1v) is 6.73. The maximum atomic E-state index is 13.8. The van der Waals surface area contributed by atoms with Gasteiger partial charge in [-0.25, -0.2) is 8.78 Å². The minimum Gasteiger partial charge on any atom is -0.351 e. The van der Waals surface area contributed by atoms with Crippen molar-refractivity contribution < 1.29 is 18.1 Å². The Hall–Kier alpha value is -2.24. The highest BCUT2D eigenvalue weighted by Gasteiger charge is 2.35. The number of aromatic nitrogens is 1. The molecule has 21 heavy (non-hydrogen) atoms. The molecule has 6 heteroatoms. The number of halogens is 2. The van der Waals surface area contributed by atoms with Gasteiger partial charge in [-0.05, 0) is 25.8 Å². The summed E-state index contributed by atoms with van der Waals surface area (Å²) < 4.78 is 31.7. The lowest BCUT2D eigenvalue weighted by atomic mass is 10.2. The summed E-state index contributed by atoms with van der Waals surface area (Å²) in [7, 11) is 0. The Labute approximate surface area is 120 Å². The second-order valence-corrected chi connectivity index (χ2v) is 5.23. The third-order valence-electron chi connectivity index (χ3n) is 3.44. The number of hydrogen-bond acceptors (Lipinski definition) is 3. The lowest BCUT2D eigenvalue weighted by molar-refractivity contribution is 0.0685. The second kappa shape index (κ2) is 5.27. The fourth-order valence-electron chi connectivity index (χ4n) is 2.19. The van der Waals surface area contributed by atoms with Crippen LogP contribution >= 0.6 is 0 Å². The van der Waals surface area contributed by atoms with E-state index in [9.17, 15) is 13.6 Å². The Morgan fingerprint density at radius 1 is 1.38 bits per heavy atom. The van der Waals surface area contributed by atoms with E-state index < -0.39 is 11.6 Å². The van der Waals surface area contributed by atoms with Gasteiger partial charge in [0, 0.05) is 30.3 Å². The first kappa shape index (κ1) is 13.7. The van der Waals surface area contributed by atoms with Gasteiger partial charge in [-0.1, -0.05) is 11.2 Å². The highest BCUT2D eigenvalue weighted by molar-refractivity contribution is 5.91. The maximum Gasteiger partial charge on any atom is 0.293 e. The normalized spacial score (nSPS) is 14.2. The Kier molecular flexibility index (Phi) is 3.45. The van der Waals surface area contributed by atoms with Crippen LogP contribution in [0.15, 0.2) is 28.8 Å². The molecule has 0 saturated heterocycles. The predicted octanol–water partition coefficient (Wildman–Crippen LogP) is 3.07. The molecule has 1 aromatic carbocycles. The van der Waals surface area contributed by atoms with Crippen LogP contribution in [0, 0.1) is 18.6 Å². The van der Waals surface area contributed by atoms with Gasteiger partial charge in [-0.3, -0.25) is 4.79 Å². The van der Waals surface area contributed by atoms with Gasteiger partial charge in [0.15, 0.2) is 0 Å². The fraction of sp³-hybridized carbons (Fsp3) is 0.333. The van der Waals surface area contributed by atoms with Gasteiger partial charge in [0.05, 0.1) is 5.69 Å². The quantitative estimate of drug-likeness (QED) is 0.870. The number of amides is 1. The molecule has 1 aliphatic carbocycles. The molecule has 4 nitrogen and oxygen atoms in total. The van der Waals surface area contributed by atoms with E-state index in [0.717, 1.165) is 18.9 Å². The lowest BCUT2D eigenvalue weighted by Crippen LogP contribution is -2.32. The molecule has 1 aromatic heterocycles. The molecular formula is C15H14F2N2O2. The van der Waals surface area contributed by atoms with Crippen LogP contribution in [0.3, 0.4) is 0 Å². The third kappa shape index (κ3) is 2.94. The molecule has 1 fully saturated rings. The molecule has 0 radical (unpaired) electrons. The zero-order valence-electron chi connectivity index (χ0n) is 11.5. The summed E-state index contributed by atoms with van der Waals surface area (Å²) in [5.74, 6) is -1.46. The summed E-state index contributed by atoms with van der Waals surface area (Å²) in [5.41, 5.74) is 0.898. The van der Waals surface area contributed by atoms with E-state index in [4.69, 9.17) is 4.52 Å². The van der Waals surface area contributed by atoms with E-state index >= 15 is 0 Å². The minimum atomic E-state index is -0.651. The van der Waals surface area contributed by atoms with E-state index in [-0.39, 0.29) is 29.8 Å². The molecule has 0 N–H and O–H groups in total. The molecule has 0 spiro atoms. The number of rotatable bonds is 4. The van der Waals surface area contributed by atoms with Crippen molar-refractivity contribution in [3.05, 3.63) is 52.9 Å². The van der Waals surface area contributed by atoms with Crippen molar-refractivity contribution in [2.24, 2.45) is 0 Å². The van der Waals surface area contributed by atoms with E-state index in [1.807, 2.05) is 0 Å². The van der Waals surface area contributed by atoms with E-state index in [2.05, 4.69) is 5.16 Å². The van der Waals surface area contributed by atoms with Crippen LogP contribution < -0.4 is 0 Å². The molecule has 1 amide bonds. The van der Waals surface area contributed by atoms with Crippen LogP contribution in [0.25, 0.3) is 0 Å². The van der Waals surface area contributed by atoms with E-state index in [1.54, 1.807) is 17.9 Å². The number of carbonyl (C=O) groups excluding carboxylic acids is 1. The van der Waals surface area contributed by atoms with Gasteiger partial charge in [0.2, 0.25) is 5.76 Å². The van der Waals surface area contributed by atoms with Gasteiger partial charge < -0.3 is 9.42 Å². The zero-order valence-corrected chi connectivity index (χ0v) is 11.5. The fourth-order valence-corrected chi connectivity index (χ4v) is 2.19. The largest absolute Gasteiger partial charge is 0.351 e. The van der Waals surface area contributed by atoms with Crippen molar-refractivity contribution in [1.29, 1.82) is 0 Å². The summed E-state index contributed by atoms with van der Waals surface area (Å²) in [6, 6.07) is 5.00. The first-order valence-electron chi connectivity index (χ1n) is 6.73. The van der Waals surface area contributed by atoms with Crippen molar-refractivity contribution in [1.82, 2.24) is 10.1 Å². The van der Waals surface area contributed by atoms with Gasteiger partial charge in [0.25, 0.3) is 5.91 Å². The van der Waals surface area contributed by atoms with Crippen LogP contribution in [-0.2, 0) is 6.54 Å². The van der Waals surface area contributed by atoms with Crippen LogP contribution in [-0.4, -0.2) is 22.0 Å². The third-order valence-corrected chi connectivity index (χ3v) is 3.44. The average molecular weight is 292 g/mol. The highest BCUT2D eigenvalue weighted by atomic mass is 19.1. The zero-order chi connectivity index (χ0) is 15.0. The number of benzene rings is 1. The summed E-state index contributed by atoms with van der Waals surface area (Å²) in [5, 5.41) is 3.69. The molecule has 1 aliphatic rings. The van der Waals surface area contributed by atoms with E-state index in [0.29, 0.717) is 5.69 Å². The number of hydrogen-bond donors (Lipinski definition) is 0. The van der Waals surface area contributed by atoms with Crippen LogP contribution in [0.5, 0.6) is 0 Å². The smallest absolute Gasteiger partial charge is 0.293 e. The standard InChI is InChI=1S/C15H14F2N2O2/c1-9-6-14(21-18-9)15(20)19(12-4-5-12)8-10-2-3-11(16)7-13(10)17/h2-3,6-7,12H,4-5,8H2,1H3. The predicted molar refractivity (Wildman–Crippen MR) is 70.5 cm³/mol. The SMILES string of the molecule is Cc1cc(C(=O)N(Cc2ccc(F)cc2F)C2CC2)on1. The average Bonchev–Trinajstić information content (AvgIpc) is 3.18. The van der Waals surface area contributed by atoms with Crippen molar-refractivity contribution in [3.8, 4) is 0 Å². The molecule has 0 aliphatic heterocycles. The topological polar surface area (TPSA) is 46.3 Å². The summed E-state index contributed by atoms with van der Waals surface area (Å²) in [4.78, 5) is 14.0. The molecule has 1 saturated carbocycles. The van der Waals surface area contributed by atoms with E-state index in [1.165, 1.54) is 12.1 Å². The van der Waals surface area contributed by atoms with Crippen LogP contribution in [0.4, 0.5) is 8.78 Å². The first-order chi connectivity index (χ1) is 10.0. The molecule has 0 unspecified atom stereocenters. The molecule has 1 heterocycles. The van der Waals surface area contributed by atoms with Gasteiger partial charge >= 0.3 is 0 Å². The highest BCUT2D eigenvalue weighted by Crippen LogP contribution is 2.30. The Bertz CT molecular complexity index is 680. The molecule has 3 rings (SSSR count). The summed E-state index contributed by atoms with van der Waals surface area (Å²) in [6.45, 7) is 1.82.